The second-order valence-electron chi connectivity index (χ2n) is 9.81. The number of ether oxygens (including phenoxy) is 1. The van der Waals surface area contributed by atoms with E-state index >= 15 is 0 Å². The second kappa shape index (κ2) is 12.3. The molecule has 0 saturated carbocycles. The third-order valence-electron chi connectivity index (χ3n) is 6.14. The maximum Gasteiger partial charge on any atom is 0.239 e. The minimum absolute atomic E-state index is 0.0734. The molecule has 1 fully saturated rings. The summed E-state index contributed by atoms with van der Waals surface area (Å²) in [5, 5.41) is 0.721. The number of carbonyl (C=O) groups excluding carboxylic acids is 1. The molecule has 3 rings (SSSR count). The van der Waals surface area contributed by atoms with Crippen molar-refractivity contribution in [2.24, 2.45) is 11.7 Å². The van der Waals surface area contributed by atoms with Crippen molar-refractivity contribution >= 4 is 23.2 Å². The standard InChI is InChI=1S/C28H38ClN3O2/c1-20(2)13-16-32(25-14-15-31(18-25)28(33)27(30)17-21(3)4)24-9-11-26(12-10-24)34-19-22-5-7-23(29)8-6-22/h5-13,21,25,27H,14-19,30H2,1-4H3. The number of nitrogens with two attached hydrogens (primary N) is 1. The molecule has 5 nitrogen and oxygen atoms in total. The van der Waals surface area contributed by atoms with E-state index in [4.69, 9.17) is 22.1 Å². The average Bonchev–Trinajstić information content (AvgIpc) is 3.28. The summed E-state index contributed by atoms with van der Waals surface area (Å²) in [6, 6.07) is 15.8. The molecular weight excluding hydrogens is 446 g/mol. The van der Waals surface area contributed by atoms with E-state index in [1.807, 2.05) is 41.3 Å². The van der Waals surface area contributed by atoms with Gasteiger partial charge >= 0.3 is 0 Å². The summed E-state index contributed by atoms with van der Waals surface area (Å²) in [5.74, 6) is 1.31. The molecule has 2 atom stereocenters. The van der Waals surface area contributed by atoms with E-state index in [0.717, 1.165) is 48.0 Å². The fraction of sp³-hybridized carbons (Fsp3) is 0.464. The number of likely N-dealkylation sites (tertiary alicyclic amines) is 1. The van der Waals surface area contributed by atoms with Gasteiger partial charge in [-0.2, -0.15) is 0 Å². The zero-order valence-electron chi connectivity index (χ0n) is 20.8. The van der Waals surface area contributed by atoms with Gasteiger partial charge < -0.3 is 20.3 Å². The molecule has 0 aromatic heterocycles. The highest BCUT2D eigenvalue weighted by molar-refractivity contribution is 6.30. The van der Waals surface area contributed by atoms with Crippen LogP contribution in [0.3, 0.4) is 0 Å². The Bertz CT molecular complexity index is 953. The van der Waals surface area contributed by atoms with Gasteiger partial charge in [-0.05, 0) is 74.6 Å². The maximum absolute atomic E-state index is 12.9. The summed E-state index contributed by atoms with van der Waals surface area (Å²) in [5.41, 5.74) is 9.67. The van der Waals surface area contributed by atoms with E-state index in [1.54, 1.807) is 0 Å². The first-order valence-corrected chi connectivity index (χ1v) is 12.5. The number of nitrogens with zero attached hydrogens (tertiary/aromatic N) is 2. The smallest absolute Gasteiger partial charge is 0.239 e. The molecule has 0 bridgehead atoms. The van der Waals surface area contributed by atoms with E-state index in [2.05, 4.69) is 50.8 Å². The van der Waals surface area contributed by atoms with E-state index in [1.165, 1.54) is 5.57 Å². The Kier molecular flexibility index (Phi) is 9.43. The fourth-order valence-corrected chi connectivity index (χ4v) is 4.39. The van der Waals surface area contributed by atoms with Gasteiger partial charge in [-0.25, -0.2) is 0 Å². The Morgan fingerprint density at radius 1 is 1.18 bits per heavy atom. The van der Waals surface area contributed by atoms with Gasteiger partial charge in [-0.1, -0.05) is 49.2 Å². The summed E-state index contributed by atoms with van der Waals surface area (Å²) in [6.45, 7) is 11.2. The predicted octanol–water partition coefficient (Wildman–Crippen LogP) is 5.67. The first-order valence-electron chi connectivity index (χ1n) is 12.1. The Hall–Kier alpha value is -2.50. The van der Waals surface area contributed by atoms with Crippen molar-refractivity contribution in [3.05, 3.63) is 70.8 Å². The molecule has 2 unspecified atom stereocenters. The summed E-state index contributed by atoms with van der Waals surface area (Å²) in [4.78, 5) is 17.2. The molecule has 0 radical (unpaired) electrons. The summed E-state index contributed by atoms with van der Waals surface area (Å²) >= 11 is 5.96. The van der Waals surface area contributed by atoms with Crippen LogP contribution in [0.4, 0.5) is 5.69 Å². The number of allylic oxidation sites excluding steroid dienone is 1. The number of hydrogen-bond acceptors (Lipinski definition) is 4. The number of anilines is 1. The highest BCUT2D eigenvalue weighted by Gasteiger charge is 2.32. The van der Waals surface area contributed by atoms with Gasteiger partial charge in [0.1, 0.15) is 12.4 Å². The van der Waals surface area contributed by atoms with Crippen LogP contribution in [-0.4, -0.2) is 42.5 Å². The third kappa shape index (κ3) is 7.51. The van der Waals surface area contributed by atoms with Crippen LogP contribution in [0.1, 0.15) is 46.1 Å². The molecule has 1 saturated heterocycles. The summed E-state index contributed by atoms with van der Waals surface area (Å²) in [7, 11) is 0. The van der Waals surface area contributed by atoms with Crippen molar-refractivity contribution in [1.82, 2.24) is 4.90 Å². The van der Waals surface area contributed by atoms with E-state index in [9.17, 15) is 4.79 Å². The van der Waals surface area contributed by atoms with Gasteiger partial charge in [0.15, 0.2) is 0 Å². The lowest BCUT2D eigenvalue weighted by Gasteiger charge is -2.31. The first kappa shape index (κ1) is 26.1. The molecule has 0 aliphatic carbocycles. The Balaban J connectivity index is 1.66. The quantitative estimate of drug-likeness (QED) is 0.442. The van der Waals surface area contributed by atoms with Crippen LogP contribution in [0.2, 0.25) is 5.02 Å². The summed E-state index contributed by atoms with van der Waals surface area (Å²) in [6.07, 6.45) is 3.89. The monoisotopic (exact) mass is 483 g/mol. The van der Waals surface area contributed by atoms with Crippen molar-refractivity contribution in [2.45, 2.75) is 59.2 Å². The topological polar surface area (TPSA) is 58.8 Å². The zero-order chi connectivity index (χ0) is 24.7. The maximum atomic E-state index is 12.9. The number of rotatable bonds is 10. The average molecular weight is 484 g/mol. The van der Waals surface area contributed by atoms with E-state index in [0.29, 0.717) is 19.1 Å². The first-order chi connectivity index (χ1) is 16.2. The molecule has 2 aromatic carbocycles. The van der Waals surface area contributed by atoms with Crippen LogP contribution in [0.25, 0.3) is 0 Å². The molecule has 2 N–H and O–H groups in total. The van der Waals surface area contributed by atoms with Crippen LogP contribution in [-0.2, 0) is 11.4 Å². The number of halogens is 1. The predicted molar refractivity (Wildman–Crippen MR) is 141 cm³/mol. The Morgan fingerprint density at radius 3 is 2.47 bits per heavy atom. The van der Waals surface area contributed by atoms with Crippen molar-refractivity contribution in [3.8, 4) is 5.75 Å². The number of carbonyl (C=O) groups is 1. The van der Waals surface area contributed by atoms with Gasteiger partial charge in [0.2, 0.25) is 5.91 Å². The van der Waals surface area contributed by atoms with Crippen LogP contribution in [0.5, 0.6) is 5.75 Å². The highest BCUT2D eigenvalue weighted by atomic mass is 35.5. The molecule has 1 heterocycles. The zero-order valence-corrected chi connectivity index (χ0v) is 21.6. The van der Waals surface area contributed by atoms with Crippen LogP contribution in [0.15, 0.2) is 60.2 Å². The number of benzene rings is 2. The lowest BCUT2D eigenvalue weighted by molar-refractivity contribution is -0.131. The van der Waals surface area contributed by atoms with Gasteiger partial charge in [-0.3, -0.25) is 4.79 Å². The van der Waals surface area contributed by atoms with Gasteiger partial charge in [0, 0.05) is 36.4 Å². The van der Waals surface area contributed by atoms with Crippen LogP contribution in [0, 0.1) is 5.92 Å². The van der Waals surface area contributed by atoms with Gasteiger partial charge in [0.25, 0.3) is 0 Å². The Morgan fingerprint density at radius 2 is 1.85 bits per heavy atom. The Labute approximate surface area is 209 Å². The lowest BCUT2D eigenvalue weighted by Crippen LogP contribution is -2.45. The molecular formula is C28H38ClN3O2. The SMILES string of the molecule is CC(C)=CCN(c1ccc(OCc2ccc(Cl)cc2)cc1)C1CCN(C(=O)C(N)CC(C)C)C1. The van der Waals surface area contributed by atoms with Crippen molar-refractivity contribution in [3.63, 3.8) is 0 Å². The van der Waals surface area contributed by atoms with E-state index in [-0.39, 0.29) is 11.9 Å². The molecule has 34 heavy (non-hydrogen) atoms. The minimum atomic E-state index is -0.415. The van der Waals surface area contributed by atoms with Crippen molar-refractivity contribution in [1.29, 1.82) is 0 Å². The number of hydrogen-bond donors (Lipinski definition) is 1. The lowest BCUT2D eigenvalue weighted by atomic mass is 10.0. The van der Waals surface area contributed by atoms with Crippen LogP contribution >= 0.6 is 11.6 Å². The second-order valence-corrected chi connectivity index (χ2v) is 10.2. The van der Waals surface area contributed by atoms with Crippen molar-refractivity contribution in [2.75, 3.05) is 24.5 Å². The summed E-state index contributed by atoms with van der Waals surface area (Å²) < 4.78 is 5.96. The molecule has 6 heteroatoms. The minimum Gasteiger partial charge on any atom is -0.489 e. The molecule has 184 valence electrons. The molecule has 1 amide bonds. The third-order valence-corrected chi connectivity index (χ3v) is 6.39. The molecule has 1 aliphatic rings. The normalized spacial score (nSPS) is 16.4. The molecule has 2 aromatic rings. The van der Waals surface area contributed by atoms with E-state index < -0.39 is 6.04 Å². The number of amides is 1. The van der Waals surface area contributed by atoms with Gasteiger partial charge in [0.05, 0.1) is 6.04 Å². The van der Waals surface area contributed by atoms with Crippen molar-refractivity contribution < 1.29 is 9.53 Å². The fourth-order valence-electron chi connectivity index (χ4n) is 4.27. The van der Waals surface area contributed by atoms with Crippen LogP contribution < -0.4 is 15.4 Å². The highest BCUT2D eigenvalue weighted by Crippen LogP contribution is 2.27. The molecule has 0 spiro atoms. The van der Waals surface area contributed by atoms with Gasteiger partial charge in [-0.15, -0.1) is 0 Å². The molecule has 1 aliphatic heterocycles. The largest absolute Gasteiger partial charge is 0.489 e.